The van der Waals surface area contributed by atoms with Crippen LogP contribution in [0.5, 0.6) is 0 Å². The highest BCUT2D eigenvalue weighted by Gasteiger charge is 2.32. The van der Waals surface area contributed by atoms with Gasteiger partial charge in [0.1, 0.15) is 23.9 Å². The van der Waals surface area contributed by atoms with Crippen molar-refractivity contribution in [1.82, 2.24) is 15.3 Å². The molecule has 0 bridgehead atoms. The van der Waals surface area contributed by atoms with Crippen LogP contribution in [0.1, 0.15) is 18.6 Å². The number of benzene rings is 1. The van der Waals surface area contributed by atoms with Crippen molar-refractivity contribution in [3.8, 4) is 0 Å². The molecule has 1 fully saturated rings. The number of aromatic nitrogens is 2. The number of furan rings is 1. The SMILES string of the molecule is O=C(NCc1ccco1)C1CCCN1c1ncnc2ccccc12. The molecule has 3 heterocycles. The monoisotopic (exact) mass is 322 g/mol. The maximum Gasteiger partial charge on any atom is 0.243 e. The lowest BCUT2D eigenvalue weighted by Crippen LogP contribution is -2.43. The number of hydrogen-bond acceptors (Lipinski definition) is 5. The zero-order valence-electron chi connectivity index (χ0n) is 13.2. The molecule has 1 aromatic carbocycles. The summed E-state index contributed by atoms with van der Waals surface area (Å²) in [5, 5.41) is 3.93. The first kappa shape index (κ1) is 14.7. The molecule has 24 heavy (non-hydrogen) atoms. The van der Waals surface area contributed by atoms with Gasteiger partial charge in [-0.3, -0.25) is 4.79 Å². The lowest BCUT2D eigenvalue weighted by Gasteiger charge is -2.25. The van der Waals surface area contributed by atoms with Crippen molar-refractivity contribution in [2.24, 2.45) is 0 Å². The molecule has 2 aromatic heterocycles. The Hall–Kier alpha value is -2.89. The molecule has 0 saturated carbocycles. The third-order valence-electron chi connectivity index (χ3n) is 4.37. The van der Waals surface area contributed by atoms with Crippen LogP contribution in [0.4, 0.5) is 5.82 Å². The Kier molecular flexibility index (Phi) is 3.86. The van der Waals surface area contributed by atoms with Gasteiger partial charge in [0.25, 0.3) is 0 Å². The Bertz CT molecular complexity index is 842. The first-order chi connectivity index (χ1) is 11.8. The van der Waals surface area contributed by atoms with E-state index in [2.05, 4.69) is 20.2 Å². The van der Waals surface area contributed by atoms with Crippen LogP contribution in [0.3, 0.4) is 0 Å². The summed E-state index contributed by atoms with van der Waals surface area (Å²) in [5.74, 6) is 1.59. The molecular formula is C18H18N4O2. The first-order valence-electron chi connectivity index (χ1n) is 8.09. The van der Waals surface area contributed by atoms with Crippen LogP contribution in [0, 0.1) is 0 Å². The number of nitrogens with one attached hydrogen (secondary N) is 1. The van der Waals surface area contributed by atoms with Crippen LogP contribution in [-0.4, -0.2) is 28.5 Å². The molecule has 3 aromatic rings. The van der Waals surface area contributed by atoms with E-state index in [1.54, 1.807) is 12.6 Å². The number of amides is 1. The number of carbonyl (C=O) groups excluding carboxylic acids is 1. The molecule has 0 aliphatic carbocycles. The predicted octanol–water partition coefficient (Wildman–Crippen LogP) is 2.51. The van der Waals surface area contributed by atoms with Gasteiger partial charge in [-0.1, -0.05) is 12.1 Å². The van der Waals surface area contributed by atoms with Gasteiger partial charge in [-0.05, 0) is 37.1 Å². The summed E-state index contributed by atoms with van der Waals surface area (Å²) in [6.45, 7) is 1.22. The van der Waals surface area contributed by atoms with Gasteiger partial charge in [0, 0.05) is 11.9 Å². The van der Waals surface area contributed by atoms with Crippen LogP contribution < -0.4 is 10.2 Å². The summed E-state index contributed by atoms with van der Waals surface area (Å²) in [4.78, 5) is 23.5. The van der Waals surface area contributed by atoms with Crippen LogP contribution >= 0.6 is 0 Å². The number of para-hydroxylation sites is 1. The molecule has 1 unspecified atom stereocenters. The van der Waals surface area contributed by atoms with Crippen LogP contribution in [-0.2, 0) is 11.3 Å². The number of hydrogen-bond donors (Lipinski definition) is 1. The highest BCUT2D eigenvalue weighted by atomic mass is 16.3. The molecule has 0 radical (unpaired) electrons. The minimum absolute atomic E-state index is 0.00610. The first-order valence-corrected chi connectivity index (χ1v) is 8.09. The maximum absolute atomic E-state index is 12.6. The van der Waals surface area contributed by atoms with Gasteiger partial charge in [0.05, 0.1) is 18.3 Å². The van der Waals surface area contributed by atoms with Gasteiger partial charge in [-0.25, -0.2) is 9.97 Å². The molecule has 6 heteroatoms. The Morgan fingerprint density at radius 2 is 2.17 bits per heavy atom. The van der Waals surface area contributed by atoms with Gasteiger partial charge in [-0.2, -0.15) is 0 Å². The molecule has 122 valence electrons. The normalized spacial score (nSPS) is 17.3. The third-order valence-corrected chi connectivity index (χ3v) is 4.37. The van der Waals surface area contributed by atoms with E-state index in [-0.39, 0.29) is 11.9 Å². The Morgan fingerprint density at radius 3 is 3.04 bits per heavy atom. The molecule has 1 amide bonds. The van der Waals surface area contributed by atoms with E-state index in [0.29, 0.717) is 6.54 Å². The Labute approximate surface area is 139 Å². The van der Waals surface area contributed by atoms with E-state index in [1.165, 1.54) is 0 Å². The van der Waals surface area contributed by atoms with Crippen molar-refractivity contribution in [1.29, 1.82) is 0 Å². The number of nitrogens with zero attached hydrogens (tertiary/aromatic N) is 3. The van der Waals surface area contributed by atoms with Crippen molar-refractivity contribution in [3.63, 3.8) is 0 Å². The van der Waals surface area contributed by atoms with Crippen LogP contribution in [0.15, 0.2) is 53.4 Å². The van der Waals surface area contributed by atoms with Gasteiger partial charge < -0.3 is 14.6 Å². The van der Waals surface area contributed by atoms with E-state index in [1.807, 2.05) is 36.4 Å². The lowest BCUT2D eigenvalue weighted by atomic mass is 10.2. The molecule has 1 N–H and O–H groups in total. The summed E-state index contributed by atoms with van der Waals surface area (Å²) in [7, 11) is 0. The molecule has 1 saturated heterocycles. The van der Waals surface area contributed by atoms with Crippen molar-refractivity contribution in [2.45, 2.75) is 25.4 Å². The quantitative estimate of drug-likeness (QED) is 0.799. The van der Waals surface area contributed by atoms with Crippen molar-refractivity contribution in [2.75, 3.05) is 11.4 Å². The second-order valence-corrected chi connectivity index (χ2v) is 5.86. The molecule has 6 nitrogen and oxygen atoms in total. The third kappa shape index (κ3) is 2.71. The summed E-state index contributed by atoms with van der Waals surface area (Å²) in [6, 6.07) is 11.3. The summed E-state index contributed by atoms with van der Waals surface area (Å²) >= 11 is 0. The minimum Gasteiger partial charge on any atom is -0.467 e. The minimum atomic E-state index is -0.210. The number of rotatable bonds is 4. The van der Waals surface area contributed by atoms with E-state index in [9.17, 15) is 4.79 Å². The smallest absolute Gasteiger partial charge is 0.243 e. The predicted molar refractivity (Wildman–Crippen MR) is 90.5 cm³/mol. The van der Waals surface area contributed by atoms with Crippen molar-refractivity contribution < 1.29 is 9.21 Å². The Morgan fingerprint density at radius 1 is 1.25 bits per heavy atom. The number of fused-ring (bicyclic) bond motifs is 1. The second kappa shape index (κ2) is 6.31. The van der Waals surface area contributed by atoms with E-state index >= 15 is 0 Å². The van der Waals surface area contributed by atoms with Crippen LogP contribution in [0.25, 0.3) is 10.9 Å². The highest BCUT2D eigenvalue weighted by Crippen LogP contribution is 2.29. The highest BCUT2D eigenvalue weighted by molar-refractivity contribution is 5.93. The zero-order chi connectivity index (χ0) is 16.4. The fourth-order valence-corrected chi connectivity index (χ4v) is 3.22. The van der Waals surface area contributed by atoms with Crippen LogP contribution in [0.2, 0.25) is 0 Å². The maximum atomic E-state index is 12.6. The molecule has 0 spiro atoms. The van der Waals surface area contributed by atoms with E-state index < -0.39 is 0 Å². The van der Waals surface area contributed by atoms with Crippen molar-refractivity contribution >= 4 is 22.6 Å². The number of carbonyl (C=O) groups is 1. The summed E-state index contributed by atoms with van der Waals surface area (Å²) in [6.07, 6.45) is 4.96. The average Bonchev–Trinajstić information content (AvgIpc) is 3.31. The second-order valence-electron chi connectivity index (χ2n) is 5.86. The van der Waals surface area contributed by atoms with E-state index in [4.69, 9.17) is 4.42 Å². The number of anilines is 1. The van der Waals surface area contributed by atoms with E-state index in [0.717, 1.165) is 41.9 Å². The van der Waals surface area contributed by atoms with Gasteiger partial charge in [0.2, 0.25) is 5.91 Å². The van der Waals surface area contributed by atoms with Crippen molar-refractivity contribution in [3.05, 3.63) is 54.7 Å². The molecule has 1 atom stereocenters. The topological polar surface area (TPSA) is 71.3 Å². The Balaban J connectivity index is 1.56. The molecular weight excluding hydrogens is 304 g/mol. The molecule has 4 rings (SSSR count). The standard InChI is InChI=1S/C18H18N4O2/c23-18(19-11-13-5-4-10-24-13)16-8-3-9-22(16)17-14-6-1-2-7-15(14)20-12-21-17/h1-2,4-7,10,12,16H,3,8-9,11H2,(H,19,23). The fraction of sp³-hybridized carbons (Fsp3) is 0.278. The summed E-state index contributed by atoms with van der Waals surface area (Å²) < 4.78 is 5.27. The molecule has 1 aliphatic heterocycles. The molecule has 1 aliphatic rings. The zero-order valence-corrected chi connectivity index (χ0v) is 13.2. The van der Waals surface area contributed by atoms with Gasteiger partial charge in [-0.15, -0.1) is 0 Å². The fourth-order valence-electron chi connectivity index (χ4n) is 3.22. The van der Waals surface area contributed by atoms with Gasteiger partial charge in [0.15, 0.2) is 0 Å². The summed E-state index contributed by atoms with van der Waals surface area (Å²) in [5.41, 5.74) is 0.893. The van der Waals surface area contributed by atoms with Gasteiger partial charge >= 0.3 is 0 Å². The largest absolute Gasteiger partial charge is 0.467 e. The lowest BCUT2D eigenvalue weighted by molar-refractivity contribution is -0.122. The average molecular weight is 322 g/mol.